The number of aromatic nitrogens is 2. The Hall–Kier alpha value is -3.26. The van der Waals surface area contributed by atoms with Crippen molar-refractivity contribution in [3.63, 3.8) is 0 Å². The van der Waals surface area contributed by atoms with Crippen molar-refractivity contribution in [1.29, 1.82) is 0 Å². The number of hydrogen-bond donors (Lipinski definition) is 2. The summed E-state index contributed by atoms with van der Waals surface area (Å²) in [5, 5.41) is 7.84. The Morgan fingerprint density at radius 1 is 1.12 bits per heavy atom. The summed E-state index contributed by atoms with van der Waals surface area (Å²) in [6.07, 6.45) is 4.47. The lowest BCUT2D eigenvalue weighted by Gasteiger charge is -2.61. The van der Waals surface area contributed by atoms with E-state index in [1.807, 2.05) is 31.2 Å². The molecule has 7 nitrogen and oxygen atoms in total. The van der Waals surface area contributed by atoms with Gasteiger partial charge in [-0.3, -0.25) is 9.36 Å². The summed E-state index contributed by atoms with van der Waals surface area (Å²) in [6.45, 7) is 15.7. The smallest absolute Gasteiger partial charge is 0.261 e. The van der Waals surface area contributed by atoms with Gasteiger partial charge in [0.15, 0.2) is 5.96 Å². The van der Waals surface area contributed by atoms with Crippen LogP contribution in [0.1, 0.15) is 58.6 Å². The highest BCUT2D eigenvalue weighted by atomic mass is 19.1. The van der Waals surface area contributed by atoms with Gasteiger partial charge in [-0.1, -0.05) is 32.9 Å². The average molecular weight is 573 g/mol. The molecule has 0 spiro atoms. The van der Waals surface area contributed by atoms with Gasteiger partial charge in [-0.15, -0.1) is 0 Å². The minimum atomic E-state index is -0.235. The summed E-state index contributed by atoms with van der Waals surface area (Å²) >= 11 is 0. The van der Waals surface area contributed by atoms with Crippen molar-refractivity contribution in [2.24, 2.45) is 28.2 Å². The number of piperazine rings is 1. The number of anilines is 1. The highest BCUT2D eigenvalue weighted by Crippen LogP contribution is 2.61. The molecule has 42 heavy (non-hydrogen) atoms. The zero-order chi connectivity index (χ0) is 29.8. The second kappa shape index (κ2) is 11.1. The molecule has 3 aromatic rings. The van der Waals surface area contributed by atoms with E-state index in [-0.39, 0.29) is 11.4 Å². The zero-order valence-electron chi connectivity index (χ0n) is 25.8. The number of rotatable bonds is 5. The van der Waals surface area contributed by atoms with Crippen molar-refractivity contribution >= 4 is 22.5 Å². The third kappa shape index (κ3) is 5.46. The van der Waals surface area contributed by atoms with Gasteiger partial charge >= 0.3 is 0 Å². The highest BCUT2D eigenvalue weighted by Gasteiger charge is 2.56. The second-order valence-corrected chi connectivity index (χ2v) is 13.8. The highest BCUT2D eigenvalue weighted by molar-refractivity contribution is 5.96. The molecule has 6 atom stereocenters. The van der Waals surface area contributed by atoms with Crippen molar-refractivity contribution in [3.8, 4) is 0 Å². The lowest BCUT2D eigenvalue weighted by Crippen LogP contribution is -2.59. The molecule has 3 saturated carbocycles. The van der Waals surface area contributed by atoms with E-state index < -0.39 is 0 Å². The van der Waals surface area contributed by atoms with Crippen LogP contribution >= 0.6 is 0 Å². The predicted octanol–water partition coefficient (Wildman–Crippen LogP) is 5.61. The number of nitrogens with one attached hydrogen (secondary N) is 2. The van der Waals surface area contributed by atoms with E-state index in [1.54, 1.807) is 17.0 Å². The van der Waals surface area contributed by atoms with Gasteiger partial charge in [0, 0.05) is 37.4 Å². The van der Waals surface area contributed by atoms with E-state index in [0.717, 1.165) is 48.6 Å². The fourth-order valence-corrected chi connectivity index (χ4v) is 7.76. The quantitative estimate of drug-likeness (QED) is 0.307. The molecule has 1 aromatic heterocycles. The summed E-state index contributed by atoms with van der Waals surface area (Å²) in [6, 6.07) is 12.0. The van der Waals surface area contributed by atoms with Gasteiger partial charge in [0.25, 0.3) is 5.56 Å². The van der Waals surface area contributed by atoms with Crippen molar-refractivity contribution in [2.45, 2.75) is 85.5 Å². The minimum absolute atomic E-state index is 0.115. The molecule has 2 N–H and O–H groups in total. The number of fused-ring (bicyclic) bond motifs is 3. The van der Waals surface area contributed by atoms with Crippen molar-refractivity contribution < 1.29 is 4.39 Å². The Kier molecular flexibility index (Phi) is 7.62. The molecule has 4 fully saturated rings. The van der Waals surface area contributed by atoms with Crippen LogP contribution in [0.25, 0.3) is 10.9 Å². The molecular formula is C34H45FN6O. The minimum Gasteiger partial charge on any atom is -0.340 e. The molecule has 2 aromatic carbocycles. The number of halogens is 1. The Bertz CT molecular complexity index is 1550. The number of hydrogen-bond acceptors (Lipinski definition) is 4. The second-order valence-electron chi connectivity index (χ2n) is 13.8. The van der Waals surface area contributed by atoms with Crippen LogP contribution in [-0.4, -0.2) is 51.6 Å². The van der Waals surface area contributed by atoms with Crippen LogP contribution in [0.4, 0.5) is 10.1 Å². The normalized spacial score (nSPS) is 28.9. The van der Waals surface area contributed by atoms with Gasteiger partial charge in [0.2, 0.25) is 0 Å². The first-order valence-corrected chi connectivity index (χ1v) is 15.6. The van der Waals surface area contributed by atoms with Gasteiger partial charge < -0.3 is 15.5 Å². The van der Waals surface area contributed by atoms with Crippen molar-refractivity contribution in [2.75, 3.05) is 18.4 Å². The van der Waals surface area contributed by atoms with Crippen molar-refractivity contribution in [3.05, 3.63) is 70.0 Å². The van der Waals surface area contributed by atoms with Crippen LogP contribution in [0.15, 0.2) is 52.5 Å². The standard InChI is InChI=1S/C34H45FN6O/c1-20-7-8-24(29(35)13-20)11-12-40-19-36-31-16-26(9-10-27(31)32(40)42)38-33(41-17-21(2)37-22(3)18-41)39-30-15-25-14-28(23(30)4)34(25,5)6/h7-10,13,16,19,21-23,25,28,30,37H,11-12,14-15,17-18H2,1-6H3,(H,38,39)/t21-,22-,23?,25+,28-,30-/m0/s1. The van der Waals surface area contributed by atoms with E-state index in [2.05, 4.69) is 55.1 Å². The maximum Gasteiger partial charge on any atom is 0.261 e. The SMILES string of the molecule is Cc1ccc(CCn2cnc3cc(NC(=N[C@H]4C[C@H]5C[C@@H](C4C)C5(C)C)N4C[C@H](C)N[C@@H](C)C4)ccc3c2=O)c(F)c1. The molecule has 224 valence electrons. The number of aliphatic imine (C=N–C) groups is 1. The molecule has 8 heteroatoms. The van der Waals surface area contributed by atoms with Crippen LogP contribution in [-0.2, 0) is 13.0 Å². The lowest BCUT2D eigenvalue weighted by molar-refractivity contribution is -0.108. The van der Waals surface area contributed by atoms with Gasteiger partial charge in [-0.2, -0.15) is 0 Å². The maximum absolute atomic E-state index is 14.3. The third-order valence-corrected chi connectivity index (χ3v) is 10.4. The van der Waals surface area contributed by atoms with Crippen LogP contribution in [0, 0.1) is 35.9 Å². The van der Waals surface area contributed by atoms with E-state index in [1.165, 1.54) is 12.5 Å². The molecule has 1 aliphatic heterocycles. The zero-order valence-corrected chi connectivity index (χ0v) is 25.8. The first kappa shape index (κ1) is 28.8. The maximum atomic E-state index is 14.3. The summed E-state index contributed by atoms with van der Waals surface area (Å²) in [5.74, 6) is 2.69. The van der Waals surface area contributed by atoms with Crippen LogP contribution in [0.5, 0.6) is 0 Å². The molecule has 0 radical (unpaired) electrons. The van der Waals surface area contributed by atoms with E-state index in [0.29, 0.717) is 58.9 Å². The molecule has 2 bridgehead atoms. The number of nitrogens with zero attached hydrogens (tertiary/aromatic N) is 4. The molecular weight excluding hydrogens is 527 g/mol. The van der Waals surface area contributed by atoms with E-state index in [4.69, 9.17) is 4.99 Å². The van der Waals surface area contributed by atoms with E-state index >= 15 is 0 Å². The first-order valence-electron chi connectivity index (χ1n) is 15.6. The summed E-state index contributed by atoms with van der Waals surface area (Å²) in [5.41, 5.74) is 3.30. The van der Waals surface area contributed by atoms with E-state index in [9.17, 15) is 9.18 Å². The molecule has 7 rings (SSSR count). The number of aryl methyl sites for hydroxylation is 3. The van der Waals surface area contributed by atoms with Crippen LogP contribution < -0.4 is 16.2 Å². The van der Waals surface area contributed by atoms with Crippen LogP contribution in [0.3, 0.4) is 0 Å². The Labute approximate surface area is 248 Å². The van der Waals surface area contributed by atoms with Crippen LogP contribution in [0.2, 0.25) is 0 Å². The Morgan fingerprint density at radius 2 is 1.88 bits per heavy atom. The molecule has 4 aliphatic rings. The predicted molar refractivity (Wildman–Crippen MR) is 168 cm³/mol. The fourth-order valence-electron chi connectivity index (χ4n) is 7.76. The van der Waals surface area contributed by atoms with Gasteiger partial charge in [-0.25, -0.2) is 14.4 Å². The number of benzene rings is 2. The summed E-state index contributed by atoms with van der Waals surface area (Å²) in [4.78, 5) is 25.7. The molecule has 3 aliphatic carbocycles. The largest absolute Gasteiger partial charge is 0.340 e. The topological polar surface area (TPSA) is 74.6 Å². The average Bonchev–Trinajstić information content (AvgIpc) is 2.93. The summed E-state index contributed by atoms with van der Waals surface area (Å²) < 4.78 is 15.9. The van der Waals surface area contributed by atoms with Gasteiger partial charge in [-0.05, 0) is 98.6 Å². The number of guanidine groups is 1. The molecule has 1 unspecified atom stereocenters. The van der Waals surface area contributed by atoms with Crippen molar-refractivity contribution in [1.82, 2.24) is 19.8 Å². The molecule has 1 saturated heterocycles. The molecule has 0 amide bonds. The Balaban J connectivity index is 1.24. The third-order valence-electron chi connectivity index (χ3n) is 10.4. The monoisotopic (exact) mass is 572 g/mol. The van der Waals surface area contributed by atoms with Gasteiger partial charge in [0.1, 0.15) is 5.82 Å². The summed E-state index contributed by atoms with van der Waals surface area (Å²) in [7, 11) is 0. The fraction of sp³-hybridized carbons (Fsp3) is 0.559. The Morgan fingerprint density at radius 3 is 2.57 bits per heavy atom. The first-order chi connectivity index (χ1) is 20.0. The molecule has 2 heterocycles. The van der Waals surface area contributed by atoms with Gasteiger partial charge in [0.05, 0.1) is 23.3 Å². The lowest BCUT2D eigenvalue weighted by atomic mass is 9.45.